The fourth-order valence-corrected chi connectivity index (χ4v) is 2.39. The zero-order chi connectivity index (χ0) is 14.0. The SMILES string of the molecule is COc1ccc(C)c(NC(=O)c2cnc(N)s2)c1C. The van der Waals surface area contributed by atoms with Crippen molar-refractivity contribution in [1.29, 1.82) is 0 Å². The Morgan fingerprint density at radius 1 is 1.42 bits per heavy atom. The molecule has 3 N–H and O–H groups in total. The number of aryl methyl sites for hydroxylation is 1. The molecule has 0 saturated carbocycles. The second kappa shape index (κ2) is 5.27. The Balaban J connectivity index is 2.31. The fourth-order valence-electron chi connectivity index (χ4n) is 1.81. The summed E-state index contributed by atoms with van der Waals surface area (Å²) in [5.41, 5.74) is 8.16. The highest BCUT2D eigenvalue weighted by Crippen LogP contribution is 2.29. The van der Waals surface area contributed by atoms with Crippen molar-refractivity contribution in [3.05, 3.63) is 34.3 Å². The third-order valence-electron chi connectivity index (χ3n) is 2.83. The van der Waals surface area contributed by atoms with Gasteiger partial charge >= 0.3 is 0 Å². The smallest absolute Gasteiger partial charge is 0.267 e. The van der Waals surface area contributed by atoms with Crippen LogP contribution in [0.4, 0.5) is 10.8 Å². The molecule has 1 heterocycles. The Bertz CT molecular complexity index is 622. The van der Waals surface area contributed by atoms with Crippen molar-refractivity contribution in [2.75, 3.05) is 18.2 Å². The number of methoxy groups -OCH3 is 1. The number of hydrogen-bond donors (Lipinski definition) is 2. The minimum absolute atomic E-state index is 0.214. The van der Waals surface area contributed by atoms with Crippen molar-refractivity contribution in [3.8, 4) is 5.75 Å². The number of ether oxygens (including phenoxy) is 1. The highest BCUT2D eigenvalue weighted by molar-refractivity contribution is 7.17. The molecule has 19 heavy (non-hydrogen) atoms. The Morgan fingerprint density at radius 3 is 2.74 bits per heavy atom. The van der Waals surface area contributed by atoms with E-state index in [0.717, 1.165) is 33.9 Å². The van der Waals surface area contributed by atoms with Gasteiger partial charge in [-0.2, -0.15) is 0 Å². The Kier molecular flexibility index (Phi) is 3.71. The molecule has 0 unspecified atom stereocenters. The summed E-state index contributed by atoms with van der Waals surface area (Å²) in [5, 5.41) is 3.26. The molecule has 0 bridgehead atoms. The van der Waals surface area contributed by atoms with Crippen molar-refractivity contribution in [1.82, 2.24) is 4.98 Å². The maximum absolute atomic E-state index is 12.1. The largest absolute Gasteiger partial charge is 0.496 e. The fraction of sp³-hybridized carbons (Fsp3) is 0.231. The summed E-state index contributed by atoms with van der Waals surface area (Å²) in [5.74, 6) is 0.526. The van der Waals surface area contributed by atoms with Gasteiger partial charge in [-0.25, -0.2) is 4.98 Å². The van der Waals surface area contributed by atoms with Crippen LogP contribution in [0.5, 0.6) is 5.75 Å². The predicted octanol–water partition coefficient (Wildman–Crippen LogP) is 2.60. The standard InChI is InChI=1S/C13H15N3O2S/c1-7-4-5-9(18-3)8(2)11(7)16-12(17)10-6-15-13(14)19-10/h4-6H,1-3H3,(H2,14,15)(H,16,17). The lowest BCUT2D eigenvalue weighted by atomic mass is 10.1. The van der Waals surface area contributed by atoms with E-state index in [1.807, 2.05) is 26.0 Å². The van der Waals surface area contributed by atoms with Crippen molar-refractivity contribution in [2.45, 2.75) is 13.8 Å². The second-order valence-corrected chi connectivity index (χ2v) is 5.16. The van der Waals surface area contributed by atoms with Gasteiger partial charge in [-0.1, -0.05) is 17.4 Å². The average molecular weight is 277 g/mol. The van der Waals surface area contributed by atoms with Gasteiger partial charge in [-0.3, -0.25) is 4.79 Å². The zero-order valence-corrected chi connectivity index (χ0v) is 11.8. The normalized spacial score (nSPS) is 10.3. The number of aromatic nitrogens is 1. The van der Waals surface area contributed by atoms with Crippen LogP contribution in [0.1, 0.15) is 20.8 Å². The Hall–Kier alpha value is -2.08. The van der Waals surface area contributed by atoms with Gasteiger partial charge in [0.2, 0.25) is 0 Å². The van der Waals surface area contributed by atoms with Crippen LogP contribution in [0.3, 0.4) is 0 Å². The number of nitrogens with one attached hydrogen (secondary N) is 1. The van der Waals surface area contributed by atoms with Crippen LogP contribution < -0.4 is 15.8 Å². The van der Waals surface area contributed by atoms with Crippen molar-refractivity contribution >= 4 is 28.1 Å². The number of nitrogens with two attached hydrogens (primary N) is 1. The van der Waals surface area contributed by atoms with E-state index in [4.69, 9.17) is 10.5 Å². The quantitative estimate of drug-likeness (QED) is 0.904. The van der Waals surface area contributed by atoms with Crippen LogP contribution in [0.15, 0.2) is 18.3 Å². The lowest BCUT2D eigenvalue weighted by Gasteiger charge is -2.14. The maximum Gasteiger partial charge on any atom is 0.267 e. The summed E-state index contributed by atoms with van der Waals surface area (Å²) >= 11 is 1.16. The van der Waals surface area contributed by atoms with Crippen LogP contribution in [0, 0.1) is 13.8 Å². The predicted molar refractivity (Wildman–Crippen MR) is 76.9 cm³/mol. The molecule has 1 aromatic heterocycles. The molecule has 6 heteroatoms. The van der Waals surface area contributed by atoms with Crippen LogP contribution >= 0.6 is 11.3 Å². The number of nitrogen functional groups attached to an aromatic ring is 1. The summed E-state index contributed by atoms with van der Waals surface area (Å²) in [7, 11) is 1.60. The van der Waals surface area contributed by atoms with Crippen molar-refractivity contribution in [3.63, 3.8) is 0 Å². The molecule has 2 rings (SSSR count). The van der Waals surface area contributed by atoms with Gasteiger partial charge in [-0.15, -0.1) is 0 Å². The second-order valence-electron chi connectivity index (χ2n) is 4.10. The molecular formula is C13H15N3O2S. The molecule has 0 saturated heterocycles. The third-order valence-corrected chi connectivity index (χ3v) is 3.65. The molecular weight excluding hydrogens is 262 g/mol. The zero-order valence-electron chi connectivity index (χ0n) is 11.0. The molecule has 0 radical (unpaired) electrons. The number of carbonyl (C=O) groups is 1. The monoisotopic (exact) mass is 277 g/mol. The highest BCUT2D eigenvalue weighted by atomic mass is 32.1. The summed E-state index contributed by atoms with van der Waals surface area (Å²) in [6.07, 6.45) is 1.47. The number of carbonyl (C=O) groups excluding carboxylic acids is 1. The Morgan fingerprint density at radius 2 is 2.16 bits per heavy atom. The molecule has 0 aliphatic rings. The van der Waals surface area contributed by atoms with E-state index in [-0.39, 0.29) is 5.91 Å². The molecule has 0 fully saturated rings. The van der Waals surface area contributed by atoms with Crippen LogP contribution in [-0.4, -0.2) is 18.0 Å². The number of benzene rings is 1. The van der Waals surface area contributed by atoms with Gasteiger partial charge in [0.15, 0.2) is 5.13 Å². The van der Waals surface area contributed by atoms with Crippen molar-refractivity contribution < 1.29 is 9.53 Å². The number of hydrogen-bond acceptors (Lipinski definition) is 5. The maximum atomic E-state index is 12.1. The first kappa shape index (κ1) is 13.4. The lowest BCUT2D eigenvalue weighted by Crippen LogP contribution is -2.12. The summed E-state index contributed by atoms with van der Waals surface area (Å²) < 4.78 is 5.25. The minimum atomic E-state index is -0.214. The van der Waals surface area contributed by atoms with Crippen LogP contribution in [0.25, 0.3) is 0 Å². The molecule has 5 nitrogen and oxygen atoms in total. The molecule has 1 amide bonds. The Labute approximate surface area is 115 Å². The molecule has 100 valence electrons. The molecule has 2 aromatic rings. The number of anilines is 2. The molecule has 1 aromatic carbocycles. The van der Waals surface area contributed by atoms with E-state index in [0.29, 0.717) is 10.0 Å². The molecule has 0 aliphatic carbocycles. The topological polar surface area (TPSA) is 77.2 Å². The van der Waals surface area contributed by atoms with Gasteiger partial charge in [0.1, 0.15) is 10.6 Å². The van der Waals surface area contributed by atoms with E-state index >= 15 is 0 Å². The number of nitrogens with zero attached hydrogens (tertiary/aromatic N) is 1. The van der Waals surface area contributed by atoms with Crippen LogP contribution in [-0.2, 0) is 0 Å². The number of amides is 1. The number of thiazole rings is 1. The van der Waals surface area contributed by atoms with E-state index in [9.17, 15) is 4.79 Å². The van der Waals surface area contributed by atoms with Crippen molar-refractivity contribution in [2.24, 2.45) is 0 Å². The summed E-state index contributed by atoms with van der Waals surface area (Å²) in [4.78, 5) is 16.4. The molecule has 0 atom stereocenters. The molecule has 0 spiro atoms. The number of rotatable bonds is 3. The van der Waals surface area contributed by atoms with Gasteiger partial charge < -0.3 is 15.8 Å². The summed E-state index contributed by atoms with van der Waals surface area (Å²) in [6.45, 7) is 3.84. The molecule has 0 aliphatic heterocycles. The lowest BCUT2D eigenvalue weighted by molar-refractivity contribution is 0.103. The van der Waals surface area contributed by atoms with Crippen LogP contribution in [0.2, 0.25) is 0 Å². The van der Waals surface area contributed by atoms with E-state index in [1.54, 1.807) is 7.11 Å². The van der Waals surface area contributed by atoms with Gasteiger partial charge in [0.25, 0.3) is 5.91 Å². The average Bonchev–Trinajstić information content (AvgIpc) is 2.81. The van der Waals surface area contributed by atoms with E-state index in [2.05, 4.69) is 10.3 Å². The van der Waals surface area contributed by atoms with Gasteiger partial charge in [-0.05, 0) is 25.5 Å². The first-order valence-corrected chi connectivity index (χ1v) is 6.51. The third kappa shape index (κ3) is 2.68. The summed E-state index contributed by atoms with van der Waals surface area (Å²) in [6, 6.07) is 3.79. The van der Waals surface area contributed by atoms with E-state index < -0.39 is 0 Å². The van der Waals surface area contributed by atoms with Gasteiger partial charge in [0.05, 0.1) is 19.0 Å². The first-order chi connectivity index (χ1) is 9.02. The minimum Gasteiger partial charge on any atom is -0.496 e. The first-order valence-electron chi connectivity index (χ1n) is 5.69. The van der Waals surface area contributed by atoms with Gasteiger partial charge in [0, 0.05) is 5.56 Å². The van der Waals surface area contributed by atoms with E-state index in [1.165, 1.54) is 6.20 Å². The highest BCUT2D eigenvalue weighted by Gasteiger charge is 2.14.